The highest BCUT2D eigenvalue weighted by molar-refractivity contribution is 6.04. The predicted molar refractivity (Wildman–Crippen MR) is 300 cm³/mol. The lowest BCUT2D eigenvalue weighted by atomic mass is 9.67. The molecule has 0 fully saturated rings. The molecule has 1 atom stereocenters. The molecule has 9 rings (SSSR count). The fourth-order valence-electron chi connectivity index (χ4n) is 9.33. The zero-order valence-corrected chi connectivity index (χ0v) is 41.9. The molecule has 2 nitrogen and oxygen atoms in total. The van der Waals surface area contributed by atoms with Crippen LogP contribution in [-0.4, -0.2) is 0 Å². The van der Waals surface area contributed by atoms with Crippen molar-refractivity contribution in [2.75, 3.05) is 4.90 Å². The van der Waals surface area contributed by atoms with Gasteiger partial charge in [-0.2, -0.15) is 0 Å². The lowest BCUT2D eigenvalue weighted by Gasteiger charge is -2.34. The summed E-state index contributed by atoms with van der Waals surface area (Å²) in [6, 6.07) is 49.6. The van der Waals surface area contributed by atoms with Gasteiger partial charge in [-0.05, 0) is 138 Å². The molecule has 0 aliphatic heterocycles. The average Bonchev–Trinajstić information content (AvgIpc) is 3.88. The van der Waals surface area contributed by atoms with Gasteiger partial charge in [0.05, 0.1) is 5.41 Å². The lowest BCUT2D eigenvalue weighted by Crippen LogP contribution is -2.28. The first-order valence-corrected chi connectivity index (χ1v) is 24.2. The van der Waals surface area contributed by atoms with Crippen LogP contribution in [0.5, 0.6) is 0 Å². The van der Waals surface area contributed by atoms with Crippen LogP contribution < -0.4 is 4.90 Å². The van der Waals surface area contributed by atoms with Crippen LogP contribution in [0.1, 0.15) is 118 Å². The Labute approximate surface area is 408 Å². The summed E-state index contributed by atoms with van der Waals surface area (Å²) < 4.78 is 6.90. The molecule has 0 N–H and O–H groups in total. The van der Waals surface area contributed by atoms with E-state index in [1.807, 2.05) is 58.9 Å². The molecule has 0 radical (unpaired) electrons. The molecule has 7 aromatic rings. The van der Waals surface area contributed by atoms with Crippen LogP contribution in [0.25, 0.3) is 39.8 Å². The third-order valence-corrected chi connectivity index (χ3v) is 12.9. The largest absolute Gasteiger partial charge is 0.456 e. The maximum Gasteiger partial charge on any atom is 0.143 e. The highest BCUT2D eigenvalue weighted by atomic mass is 16.3. The lowest BCUT2D eigenvalue weighted by molar-refractivity contribution is 0.601. The van der Waals surface area contributed by atoms with E-state index in [-0.39, 0.29) is 0 Å². The number of rotatable bonds is 11. The standard InChI is InChI=1S/C53H45NO.C9H12.2C2H6/c1-6-8-22-50-37(5)45-30-32-49-51(52(45)55-50)47-34-44(29-31-48(47)53(49,40-18-11-9-12-19-40)41-20-13-10-14-21-41)54(42-26-23-38(24-27-42)35(3)7-2)43-28-25-39-17-15-16-36(4)46(39)33-43;1-5-6-7-9(4)8(2)3;2*1-2/h6-15,17-34,36H,1,16H2,2-5H3;5-7H,1-2,4H2,3H3;2*1-2H3/b22-8-,35-7+;7-6-;;. The van der Waals surface area contributed by atoms with Gasteiger partial charge in [-0.15, -0.1) is 0 Å². The average molecular weight is 892 g/mol. The van der Waals surface area contributed by atoms with E-state index in [0.29, 0.717) is 5.92 Å². The highest BCUT2D eigenvalue weighted by Gasteiger charge is 2.47. The zero-order valence-electron chi connectivity index (χ0n) is 41.9. The minimum absolute atomic E-state index is 0.450. The number of aryl methyl sites for hydroxylation is 1. The summed E-state index contributed by atoms with van der Waals surface area (Å²) in [6.07, 6.45) is 19.0. The SMILES string of the molecule is C=C/C=C\C(=C)C(=C)C.C=C/C=C\c1oc2c3c(ccc2c1C)C(c1ccccc1)(c1ccccc1)c1ccc(N(c2ccc(/C(C)=C/C)cc2)c2ccc4c(c2)C(C)CC=C4)cc1-3.CC.CC. The number of furan rings is 1. The number of nitrogens with zero attached hydrogens (tertiary/aromatic N) is 1. The molecule has 6 aromatic carbocycles. The van der Waals surface area contributed by atoms with Crippen LogP contribution in [0.2, 0.25) is 0 Å². The molecule has 0 saturated carbocycles. The van der Waals surface area contributed by atoms with Gasteiger partial charge in [0, 0.05) is 33.6 Å². The normalized spacial score (nSPS) is 14.0. The van der Waals surface area contributed by atoms with Gasteiger partial charge in [-0.25, -0.2) is 0 Å². The van der Waals surface area contributed by atoms with Crippen LogP contribution in [0.15, 0.2) is 218 Å². The van der Waals surface area contributed by atoms with E-state index in [9.17, 15) is 0 Å². The molecule has 2 aliphatic rings. The van der Waals surface area contributed by atoms with E-state index in [4.69, 9.17) is 4.42 Å². The molecule has 344 valence electrons. The van der Waals surface area contributed by atoms with E-state index < -0.39 is 5.41 Å². The van der Waals surface area contributed by atoms with Crippen LogP contribution in [-0.2, 0) is 5.41 Å². The molecule has 2 heteroatoms. The van der Waals surface area contributed by atoms with E-state index >= 15 is 0 Å². The topological polar surface area (TPSA) is 16.4 Å². The Morgan fingerprint density at radius 1 is 0.706 bits per heavy atom. The zero-order chi connectivity index (χ0) is 49.0. The first kappa shape index (κ1) is 50.0. The fraction of sp³-hybridized carbons (Fsp3) is 0.182. The number of hydrogen-bond acceptors (Lipinski definition) is 2. The first-order chi connectivity index (χ1) is 33.1. The van der Waals surface area contributed by atoms with Crippen molar-refractivity contribution in [3.63, 3.8) is 0 Å². The summed E-state index contributed by atoms with van der Waals surface area (Å²) in [4.78, 5) is 2.43. The molecular weight excluding hydrogens is 823 g/mol. The van der Waals surface area contributed by atoms with Crippen LogP contribution >= 0.6 is 0 Å². The quantitative estimate of drug-likeness (QED) is 0.120. The highest BCUT2D eigenvalue weighted by Crippen LogP contribution is 2.59. The molecule has 1 aromatic heterocycles. The second-order valence-electron chi connectivity index (χ2n) is 16.9. The Kier molecular flexibility index (Phi) is 16.8. The van der Waals surface area contributed by atoms with Gasteiger partial charge in [0.15, 0.2) is 0 Å². The van der Waals surface area contributed by atoms with Crippen molar-refractivity contribution in [3.05, 3.63) is 264 Å². The van der Waals surface area contributed by atoms with E-state index in [2.05, 4.69) is 211 Å². The van der Waals surface area contributed by atoms with Crippen LogP contribution in [0.3, 0.4) is 0 Å². The van der Waals surface area contributed by atoms with Gasteiger partial charge in [0.2, 0.25) is 0 Å². The van der Waals surface area contributed by atoms with E-state index in [0.717, 1.165) is 62.5 Å². The van der Waals surface area contributed by atoms with Gasteiger partial charge in [-0.3, -0.25) is 0 Å². The number of fused-ring (bicyclic) bond motifs is 6. The summed E-state index contributed by atoms with van der Waals surface area (Å²) in [6.45, 7) is 33.6. The van der Waals surface area contributed by atoms with Crippen molar-refractivity contribution in [2.24, 2.45) is 0 Å². The first-order valence-electron chi connectivity index (χ1n) is 24.2. The van der Waals surface area contributed by atoms with Crippen molar-refractivity contribution in [2.45, 2.75) is 80.1 Å². The van der Waals surface area contributed by atoms with E-state index in [1.54, 1.807) is 12.2 Å². The van der Waals surface area contributed by atoms with Crippen molar-refractivity contribution in [3.8, 4) is 11.1 Å². The second-order valence-corrected chi connectivity index (χ2v) is 16.9. The monoisotopic (exact) mass is 892 g/mol. The maximum absolute atomic E-state index is 6.90. The summed E-state index contributed by atoms with van der Waals surface area (Å²) in [7, 11) is 0. The molecule has 2 aliphatic carbocycles. The van der Waals surface area contributed by atoms with E-state index in [1.165, 1.54) is 50.1 Å². The molecule has 0 saturated heterocycles. The smallest absolute Gasteiger partial charge is 0.143 e. The minimum Gasteiger partial charge on any atom is -0.456 e. The molecule has 0 bridgehead atoms. The fourth-order valence-corrected chi connectivity index (χ4v) is 9.33. The number of anilines is 3. The number of hydrogen-bond donors (Lipinski definition) is 0. The van der Waals surface area contributed by atoms with Gasteiger partial charge in [-0.1, -0.05) is 212 Å². The predicted octanol–water partition coefficient (Wildman–Crippen LogP) is 19.6. The van der Waals surface area contributed by atoms with Crippen LogP contribution in [0.4, 0.5) is 17.1 Å². The van der Waals surface area contributed by atoms with Crippen molar-refractivity contribution in [1.29, 1.82) is 0 Å². The molecule has 68 heavy (non-hydrogen) atoms. The summed E-state index contributed by atoms with van der Waals surface area (Å²) in [5, 5.41) is 1.12. The minimum atomic E-state index is -0.554. The van der Waals surface area contributed by atoms with Gasteiger partial charge in [0.25, 0.3) is 0 Å². The number of benzene rings is 6. The molecule has 1 heterocycles. The Hall–Kier alpha value is -7.42. The van der Waals surface area contributed by atoms with Crippen molar-refractivity contribution >= 4 is 45.8 Å². The Morgan fingerprint density at radius 3 is 1.90 bits per heavy atom. The summed E-state index contributed by atoms with van der Waals surface area (Å²) in [5.41, 5.74) is 19.2. The molecule has 1 unspecified atom stereocenters. The summed E-state index contributed by atoms with van der Waals surface area (Å²) in [5.74, 6) is 1.30. The van der Waals surface area contributed by atoms with Crippen molar-refractivity contribution in [1.82, 2.24) is 0 Å². The number of allylic oxidation sites excluding steroid dienone is 10. The molecule has 0 amide bonds. The molecular formula is C66H69NO. The second kappa shape index (κ2) is 22.9. The Bertz CT molecular complexity index is 2980. The van der Waals surface area contributed by atoms with Crippen molar-refractivity contribution < 1.29 is 4.42 Å². The Morgan fingerprint density at radius 2 is 1.29 bits per heavy atom. The maximum atomic E-state index is 6.90. The van der Waals surface area contributed by atoms with Gasteiger partial charge >= 0.3 is 0 Å². The van der Waals surface area contributed by atoms with Crippen LogP contribution in [0, 0.1) is 6.92 Å². The third-order valence-electron chi connectivity index (χ3n) is 12.9. The Balaban J connectivity index is 0.000000523. The summed E-state index contributed by atoms with van der Waals surface area (Å²) >= 11 is 0. The third kappa shape index (κ3) is 9.69. The molecule has 0 spiro atoms. The van der Waals surface area contributed by atoms with Gasteiger partial charge < -0.3 is 9.32 Å². The van der Waals surface area contributed by atoms with Gasteiger partial charge in [0.1, 0.15) is 11.3 Å².